The molecule has 17 nitrogen and oxygen atoms in total. The highest BCUT2D eigenvalue weighted by Gasteiger charge is 2.54. The summed E-state index contributed by atoms with van der Waals surface area (Å²) < 4.78 is 6.18. The summed E-state index contributed by atoms with van der Waals surface area (Å²) in [5, 5.41) is 43.0. The number of tetrazole rings is 1. The van der Waals surface area contributed by atoms with E-state index in [1.54, 1.807) is 7.05 Å². The first-order valence-corrected chi connectivity index (χ1v) is 13.8. The molecule has 1 saturated heterocycles. The predicted octanol–water partition coefficient (Wildman–Crippen LogP) is -0.934. The number of aliphatic hydroxyl groups is 1. The van der Waals surface area contributed by atoms with Crippen molar-refractivity contribution < 1.29 is 44.0 Å². The number of nitrogens with one attached hydrogen (secondary N) is 1. The minimum absolute atomic E-state index is 0.127. The number of carbonyl (C=O) groups is 5. The Hall–Kier alpha value is -4.20. The number of hydrogen-bond donors (Lipinski definition) is 5. The molecule has 0 unspecified atom stereocenters. The lowest BCUT2D eigenvalue weighted by Gasteiger charge is -2.49. The highest BCUT2D eigenvalue weighted by Crippen LogP contribution is 2.41. The van der Waals surface area contributed by atoms with Crippen LogP contribution in [-0.4, -0.2) is 99.8 Å². The summed E-state index contributed by atoms with van der Waals surface area (Å²) in [6.07, 6.45) is -3.08. The number of carboxylic acid groups (broad SMARTS) is 2. The van der Waals surface area contributed by atoms with Crippen LogP contribution in [0.4, 0.5) is 10.5 Å². The first-order valence-electron chi connectivity index (χ1n) is 11.8. The number of aromatic nitrogens is 4. The molecule has 0 radical (unpaired) electrons. The molecule has 0 saturated carbocycles. The fourth-order valence-corrected chi connectivity index (χ4v) is 6.23. The number of anilines is 1. The Kier molecular flexibility index (Phi) is 9.11. The van der Waals surface area contributed by atoms with Crippen LogP contribution in [0.25, 0.3) is 0 Å². The van der Waals surface area contributed by atoms with Gasteiger partial charge in [0.15, 0.2) is 6.10 Å². The molecule has 0 spiro atoms. The van der Waals surface area contributed by atoms with Crippen LogP contribution in [0.2, 0.25) is 0 Å². The fourth-order valence-electron chi connectivity index (χ4n) is 3.89. The third kappa shape index (κ3) is 6.42. The number of amides is 3. The van der Waals surface area contributed by atoms with Crippen molar-refractivity contribution in [1.82, 2.24) is 30.4 Å². The molecule has 6 N–H and O–H groups in total. The van der Waals surface area contributed by atoms with Crippen LogP contribution in [0.5, 0.6) is 0 Å². The van der Waals surface area contributed by atoms with Crippen molar-refractivity contribution in [2.75, 3.05) is 23.1 Å². The van der Waals surface area contributed by atoms with Crippen molar-refractivity contribution in [3.63, 3.8) is 0 Å². The smallest absolute Gasteiger partial charge is 0.428 e. The lowest BCUT2D eigenvalue weighted by molar-refractivity contribution is -0.151. The third-order valence-corrected chi connectivity index (χ3v) is 8.41. The number of fused-ring (bicyclic) bond motifs is 1. The topological polar surface area (TPSA) is 243 Å². The molecular weight excluding hydrogens is 584 g/mol. The predicted molar refractivity (Wildman–Crippen MR) is 141 cm³/mol. The molecule has 3 atom stereocenters. The number of benzene rings is 1. The largest absolute Gasteiger partial charge is 0.481 e. The standard InChI is InChI=1S/C22H24N8O9S2/c1-28-21(25-26-27-28)41-9-11-8-40-19-14(18(35)29(19)15(11)20(36)37)24-17(34)16(33)10-2-4-12(5-3-10)30(23)22(38)39-7-6-13(31)32/h2-5,14,16,19,33H,6-9,23H2,1H3,(H,24,34)(H,31,32)(H,36,37)/t14-,16-,19-/m1/s1. The number of carboxylic acids is 2. The molecule has 41 heavy (non-hydrogen) atoms. The van der Waals surface area contributed by atoms with E-state index in [4.69, 9.17) is 15.7 Å². The highest BCUT2D eigenvalue weighted by atomic mass is 32.2. The summed E-state index contributed by atoms with van der Waals surface area (Å²) in [5.74, 6) is 2.27. The molecule has 2 aromatic rings. The number of thioether (sulfide) groups is 2. The van der Waals surface area contributed by atoms with E-state index in [1.807, 2.05) is 0 Å². The van der Waals surface area contributed by atoms with Crippen molar-refractivity contribution in [3.8, 4) is 0 Å². The van der Waals surface area contributed by atoms with E-state index in [9.17, 15) is 34.2 Å². The number of β-lactam (4-membered cyclic amide) rings is 1. The zero-order chi connectivity index (χ0) is 29.8. The zero-order valence-corrected chi connectivity index (χ0v) is 22.9. The van der Waals surface area contributed by atoms with Crippen LogP contribution in [0.3, 0.4) is 0 Å². The summed E-state index contributed by atoms with van der Waals surface area (Å²) in [4.78, 5) is 61.3. The second-order valence-electron chi connectivity index (χ2n) is 8.65. The van der Waals surface area contributed by atoms with Crippen LogP contribution in [0.1, 0.15) is 18.1 Å². The Morgan fingerprint density at radius 1 is 1.27 bits per heavy atom. The number of ether oxygens (including phenoxy) is 1. The summed E-state index contributed by atoms with van der Waals surface area (Å²) in [6.45, 7) is -0.375. The second kappa shape index (κ2) is 12.5. The van der Waals surface area contributed by atoms with Gasteiger partial charge in [0.25, 0.3) is 11.8 Å². The third-order valence-electron chi connectivity index (χ3n) is 5.98. The Bertz CT molecular complexity index is 1400. The number of aliphatic hydroxyl groups excluding tert-OH is 1. The van der Waals surface area contributed by atoms with Crippen LogP contribution >= 0.6 is 23.5 Å². The number of nitrogens with zero attached hydrogens (tertiary/aromatic N) is 6. The minimum atomic E-state index is -1.69. The molecule has 2 aliphatic heterocycles. The molecule has 1 aromatic carbocycles. The number of aliphatic carboxylic acids is 2. The molecule has 3 heterocycles. The maximum atomic E-state index is 12.9. The van der Waals surface area contributed by atoms with Crippen molar-refractivity contribution in [1.29, 1.82) is 0 Å². The van der Waals surface area contributed by atoms with Crippen LogP contribution in [-0.2, 0) is 31.0 Å². The molecule has 218 valence electrons. The molecule has 19 heteroatoms. The fraction of sp³-hybridized carbons (Fsp3) is 0.364. The van der Waals surface area contributed by atoms with Gasteiger partial charge in [-0.15, -0.1) is 16.9 Å². The van der Waals surface area contributed by atoms with Crippen LogP contribution in [0, 0.1) is 0 Å². The number of rotatable bonds is 11. The van der Waals surface area contributed by atoms with E-state index in [1.165, 1.54) is 52.5 Å². The lowest BCUT2D eigenvalue weighted by atomic mass is 10.0. The van der Waals surface area contributed by atoms with E-state index in [0.29, 0.717) is 21.5 Å². The van der Waals surface area contributed by atoms with Gasteiger partial charge in [0, 0.05) is 18.6 Å². The second-order valence-corrected chi connectivity index (χ2v) is 10.7. The first-order chi connectivity index (χ1) is 19.5. The maximum Gasteiger partial charge on any atom is 0.428 e. The zero-order valence-electron chi connectivity index (χ0n) is 21.2. The molecule has 1 fully saturated rings. The van der Waals surface area contributed by atoms with E-state index in [-0.39, 0.29) is 29.3 Å². The minimum Gasteiger partial charge on any atom is -0.481 e. The van der Waals surface area contributed by atoms with Gasteiger partial charge in [-0.3, -0.25) is 19.3 Å². The van der Waals surface area contributed by atoms with Crippen molar-refractivity contribution in [3.05, 3.63) is 41.1 Å². The van der Waals surface area contributed by atoms with E-state index in [0.717, 1.165) is 4.90 Å². The number of carbonyl (C=O) groups excluding carboxylic acids is 3. The monoisotopic (exact) mass is 608 g/mol. The van der Waals surface area contributed by atoms with E-state index >= 15 is 0 Å². The average Bonchev–Trinajstić information content (AvgIpc) is 3.37. The summed E-state index contributed by atoms with van der Waals surface area (Å²) >= 11 is 2.51. The van der Waals surface area contributed by atoms with Gasteiger partial charge in [-0.2, -0.15) is 0 Å². The van der Waals surface area contributed by atoms with Gasteiger partial charge in [0.1, 0.15) is 23.7 Å². The molecule has 0 bridgehead atoms. The van der Waals surface area contributed by atoms with Gasteiger partial charge < -0.3 is 25.4 Å². The Morgan fingerprint density at radius 2 is 1.98 bits per heavy atom. The molecule has 4 rings (SSSR count). The van der Waals surface area contributed by atoms with Crippen molar-refractivity contribution >= 4 is 59.1 Å². The molecule has 3 amide bonds. The van der Waals surface area contributed by atoms with E-state index < -0.39 is 53.8 Å². The van der Waals surface area contributed by atoms with Gasteiger partial charge in [0.05, 0.1) is 12.1 Å². The van der Waals surface area contributed by atoms with Gasteiger partial charge in [0.2, 0.25) is 5.16 Å². The molecule has 2 aliphatic rings. The number of aryl methyl sites for hydroxylation is 1. The molecule has 0 aliphatic carbocycles. The summed E-state index contributed by atoms with van der Waals surface area (Å²) in [7, 11) is 1.64. The normalized spacial score (nSPS) is 18.7. The quantitative estimate of drug-likeness (QED) is 0.0680. The average molecular weight is 609 g/mol. The maximum absolute atomic E-state index is 12.9. The lowest BCUT2D eigenvalue weighted by Crippen LogP contribution is -2.70. The van der Waals surface area contributed by atoms with Gasteiger partial charge in [-0.25, -0.2) is 25.1 Å². The van der Waals surface area contributed by atoms with Gasteiger partial charge in [-0.05, 0) is 33.7 Å². The van der Waals surface area contributed by atoms with Gasteiger partial charge in [-0.1, -0.05) is 23.9 Å². The Labute approximate surface area is 239 Å². The van der Waals surface area contributed by atoms with Crippen LogP contribution < -0.4 is 16.2 Å². The number of nitrogens with two attached hydrogens (primary N) is 1. The van der Waals surface area contributed by atoms with E-state index in [2.05, 4.69) is 20.8 Å². The van der Waals surface area contributed by atoms with Gasteiger partial charge >= 0.3 is 18.0 Å². The summed E-state index contributed by atoms with van der Waals surface area (Å²) in [5.41, 5.74) is 0.616. The molecule has 1 aromatic heterocycles. The van der Waals surface area contributed by atoms with Crippen molar-refractivity contribution in [2.45, 2.75) is 29.1 Å². The van der Waals surface area contributed by atoms with Crippen molar-refractivity contribution in [2.24, 2.45) is 12.9 Å². The van der Waals surface area contributed by atoms with Crippen LogP contribution in [0.15, 0.2) is 40.7 Å². The Morgan fingerprint density at radius 3 is 2.59 bits per heavy atom. The summed E-state index contributed by atoms with van der Waals surface area (Å²) in [6, 6.07) is 4.27. The number of hydrogen-bond acceptors (Lipinski definition) is 13. The Balaban J connectivity index is 1.36. The molecular formula is C22H24N8O9S2. The SMILES string of the molecule is Cn1nnnc1SCC1=C(C(=O)O)N2C(=O)[C@@H](NC(=O)[C@H](O)c3ccc(N(N)C(=O)OCCC(=O)O)cc3)[C@H]2SC1. The highest BCUT2D eigenvalue weighted by molar-refractivity contribution is 8.01. The number of hydrazine groups is 1. The first kappa shape index (κ1) is 29.8.